The minimum absolute atomic E-state index is 0.148. The summed E-state index contributed by atoms with van der Waals surface area (Å²) in [5.41, 5.74) is 0.135. The van der Waals surface area contributed by atoms with Gasteiger partial charge in [-0.3, -0.25) is 0 Å². The van der Waals surface area contributed by atoms with Gasteiger partial charge in [0, 0.05) is 6.54 Å². The van der Waals surface area contributed by atoms with E-state index in [0.717, 1.165) is 5.56 Å². The highest BCUT2D eigenvalue weighted by Gasteiger charge is 2.42. The Labute approximate surface area is 115 Å². The molecule has 2 N–H and O–H groups in total. The molecule has 1 aliphatic rings. The lowest BCUT2D eigenvalue weighted by molar-refractivity contribution is -0.000728. The Morgan fingerprint density at radius 3 is 2.89 bits per heavy atom. The van der Waals surface area contributed by atoms with Gasteiger partial charge in [-0.05, 0) is 31.0 Å². The van der Waals surface area contributed by atoms with Crippen LogP contribution in [0.4, 0.5) is 0 Å². The van der Waals surface area contributed by atoms with Gasteiger partial charge in [0.2, 0.25) is 0 Å². The van der Waals surface area contributed by atoms with Gasteiger partial charge >= 0.3 is 0 Å². The largest absolute Gasteiger partial charge is 0.593 e. The maximum atomic E-state index is 12.4. The molecule has 1 saturated heterocycles. The van der Waals surface area contributed by atoms with Crippen molar-refractivity contribution >= 4 is 11.4 Å². The summed E-state index contributed by atoms with van der Waals surface area (Å²) >= 11 is -1.49. The maximum Gasteiger partial charge on any atom is 0.191 e. The van der Waals surface area contributed by atoms with Crippen molar-refractivity contribution in [3.05, 3.63) is 29.3 Å². The van der Waals surface area contributed by atoms with Gasteiger partial charge in [-0.15, -0.1) is 4.31 Å². The molecule has 0 aromatic heterocycles. The third-order valence-electron chi connectivity index (χ3n) is 3.27. The maximum absolute atomic E-state index is 12.4. The molecule has 0 radical (unpaired) electrons. The van der Waals surface area contributed by atoms with Crippen LogP contribution in [0.15, 0.2) is 23.1 Å². The molecule has 1 fully saturated rings. The molecule has 2 unspecified atom stereocenters. The molecule has 1 aromatic carbocycles. The third-order valence-corrected chi connectivity index (χ3v) is 4.78. The number of aryl methyl sites for hydroxylation is 1. The Bertz CT molecular complexity index is 517. The molecule has 19 heavy (non-hydrogen) atoms. The number of aliphatic hydroxyl groups excluding tert-OH is 1. The number of aliphatic hydroxyl groups is 2. The first kappa shape index (κ1) is 14.3. The Balaban J connectivity index is 2.22. The second-order valence-electron chi connectivity index (χ2n) is 4.86. The van der Waals surface area contributed by atoms with Crippen LogP contribution in [-0.4, -0.2) is 44.4 Å². The summed E-state index contributed by atoms with van der Waals surface area (Å²) in [6, 6.07) is 7.23. The molecule has 0 bridgehead atoms. The molecule has 0 spiro atoms. The Kier molecular flexibility index (Phi) is 4.13. The van der Waals surface area contributed by atoms with Gasteiger partial charge in [-0.1, -0.05) is 6.07 Å². The average molecular weight is 280 g/mol. The van der Waals surface area contributed by atoms with Crippen molar-refractivity contribution in [2.24, 2.45) is 0 Å². The molecule has 1 heterocycles. The van der Waals surface area contributed by atoms with Crippen LogP contribution in [0.25, 0.3) is 0 Å². The zero-order valence-electron chi connectivity index (χ0n) is 10.7. The lowest BCUT2D eigenvalue weighted by Crippen LogP contribution is -2.38. The van der Waals surface area contributed by atoms with Gasteiger partial charge in [0.05, 0.1) is 24.5 Å². The zero-order valence-corrected chi connectivity index (χ0v) is 11.5. The Morgan fingerprint density at radius 1 is 1.58 bits per heavy atom. The number of nitrogens with zero attached hydrogens (tertiary/aromatic N) is 2. The van der Waals surface area contributed by atoms with Crippen molar-refractivity contribution in [1.29, 1.82) is 5.26 Å². The number of benzene rings is 1. The van der Waals surface area contributed by atoms with E-state index in [1.165, 1.54) is 0 Å². The molecule has 2 rings (SSSR count). The van der Waals surface area contributed by atoms with Crippen LogP contribution in [0, 0.1) is 18.3 Å². The molecule has 2 atom stereocenters. The van der Waals surface area contributed by atoms with Crippen molar-refractivity contribution in [1.82, 2.24) is 4.31 Å². The molecular weight excluding hydrogens is 264 g/mol. The van der Waals surface area contributed by atoms with Crippen LogP contribution in [0.2, 0.25) is 0 Å². The first-order valence-corrected chi connectivity index (χ1v) is 7.10. The highest BCUT2D eigenvalue weighted by atomic mass is 32.2. The fraction of sp³-hybridized carbons (Fsp3) is 0.462. The first-order valence-electron chi connectivity index (χ1n) is 6.00. The van der Waals surface area contributed by atoms with Gasteiger partial charge in [-0.2, -0.15) is 5.26 Å². The fourth-order valence-corrected chi connectivity index (χ4v) is 3.48. The summed E-state index contributed by atoms with van der Waals surface area (Å²) in [6.45, 7) is 2.10. The van der Waals surface area contributed by atoms with E-state index in [2.05, 4.69) is 0 Å². The van der Waals surface area contributed by atoms with Crippen molar-refractivity contribution in [3.8, 4) is 6.07 Å². The predicted octanol–water partition coefficient (Wildman–Crippen LogP) is 0.318. The lowest BCUT2D eigenvalue weighted by Gasteiger charge is -2.22. The van der Waals surface area contributed by atoms with E-state index >= 15 is 0 Å². The standard InChI is InChI=1S/C13H16N2O3S/c1-10-2-3-12(11(6-10)7-14)19(18)15-5-4-13(17,8-15)9-16/h2-3,6,16-17H,4-5,8-9H2,1H3. The van der Waals surface area contributed by atoms with Crippen LogP contribution in [0.3, 0.4) is 0 Å². The van der Waals surface area contributed by atoms with Gasteiger partial charge in [-0.25, -0.2) is 0 Å². The molecular formula is C13H16N2O3S. The molecule has 0 aliphatic carbocycles. The minimum Gasteiger partial charge on any atom is -0.593 e. The smallest absolute Gasteiger partial charge is 0.191 e. The van der Waals surface area contributed by atoms with Crippen molar-refractivity contribution < 1.29 is 14.8 Å². The van der Waals surface area contributed by atoms with Gasteiger partial charge in [0.25, 0.3) is 0 Å². The molecule has 102 valence electrons. The molecule has 0 amide bonds. The average Bonchev–Trinajstić information content (AvgIpc) is 2.81. The van der Waals surface area contributed by atoms with Crippen LogP contribution in [-0.2, 0) is 11.4 Å². The van der Waals surface area contributed by atoms with Crippen molar-refractivity contribution in [2.45, 2.75) is 23.8 Å². The van der Waals surface area contributed by atoms with Gasteiger partial charge < -0.3 is 14.8 Å². The molecule has 0 saturated carbocycles. The highest BCUT2D eigenvalue weighted by molar-refractivity contribution is 7.89. The summed E-state index contributed by atoms with van der Waals surface area (Å²) in [5, 5.41) is 28.1. The molecule has 5 nitrogen and oxygen atoms in total. The number of hydrogen-bond acceptors (Lipinski definition) is 5. The van der Waals surface area contributed by atoms with E-state index < -0.39 is 17.0 Å². The normalized spacial score (nSPS) is 25.2. The van der Waals surface area contributed by atoms with Crippen molar-refractivity contribution in [2.75, 3.05) is 19.7 Å². The predicted molar refractivity (Wildman–Crippen MR) is 70.5 cm³/mol. The van der Waals surface area contributed by atoms with E-state index in [1.54, 1.807) is 16.4 Å². The topological polar surface area (TPSA) is 90.6 Å². The quantitative estimate of drug-likeness (QED) is 0.778. The molecule has 1 aliphatic heterocycles. The second-order valence-corrected chi connectivity index (χ2v) is 6.31. The molecule has 6 heteroatoms. The Morgan fingerprint density at radius 2 is 2.32 bits per heavy atom. The highest BCUT2D eigenvalue weighted by Crippen LogP contribution is 2.28. The number of hydrogen-bond donors (Lipinski definition) is 2. The van der Waals surface area contributed by atoms with E-state index in [-0.39, 0.29) is 13.2 Å². The number of rotatable bonds is 3. The van der Waals surface area contributed by atoms with E-state index in [1.807, 2.05) is 19.1 Å². The van der Waals surface area contributed by atoms with Gasteiger partial charge in [0.15, 0.2) is 4.90 Å². The zero-order chi connectivity index (χ0) is 14.0. The number of nitriles is 1. The minimum atomic E-state index is -1.49. The van der Waals surface area contributed by atoms with Crippen LogP contribution >= 0.6 is 0 Å². The third kappa shape index (κ3) is 2.91. The second kappa shape index (κ2) is 5.49. The summed E-state index contributed by atoms with van der Waals surface area (Å²) in [5.74, 6) is 0. The van der Waals surface area contributed by atoms with Crippen LogP contribution in [0.5, 0.6) is 0 Å². The van der Waals surface area contributed by atoms with E-state index in [0.29, 0.717) is 23.4 Å². The van der Waals surface area contributed by atoms with E-state index in [4.69, 9.17) is 10.4 Å². The van der Waals surface area contributed by atoms with E-state index in [9.17, 15) is 9.66 Å². The van der Waals surface area contributed by atoms with Crippen LogP contribution < -0.4 is 0 Å². The fourth-order valence-electron chi connectivity index (χ4n) is 2.11. The Hall–Kier alpha value is -1.10. The number of β-amino-alcohol motifs (C(OH)–C–C–N with tert-alkyl or cyclic N) is 1. The summed E-state index contributed by atoms with van der Waals surface area (Å²) < 4.78 is 14.0. The SMILES string of the molecule is Cc1ccc([S+]([O-])N2CCC(O)(CO)C2)c(C#N)c1. The first-order chi connectivity index (χ1) is 8.99. The van der Waals surface area contributed by atoms with Gasteiger partial charge in [0.1, 0.15) is 17.2 Å². The summed E-state index contributed by atoms with van der Waals surface area (Å²) in [4.78, 5) is 0.454. The molecule has 1 aromatic rings. The monoisotopic (exact) mass is 280 g/mol. The summed E-state index contributed by atoms with van der Waals surface area (Å²) in [6.07, 6.45) is 0.378. The van der Waals surface area contributed by atoms with Crippen LogP contribution in [0.1, 0.15) is 17.5 Å². The summed E-state index contributed by atoms with van der Waals surface area (Å²) in [7, 11) is 0. The van der Waals surface area contributed by atoms with Crippen molar-refractivity contribution in [3.63, 3.8) is 0 Å². The lowest BCUT2D eigenvalue weighted by atomic mass is 10.1.